The van der Waals surface area contributed by atoms with Gasteiger partial charge in [-0.15, -0.1) is 0 Å². The molecule has 4 rings (SSSR count). The van der Waals surface area contributed by atoms with E-state index < -0.39 is 0 Å². The van der Waals surface area contributed by atoms with Crippen LogP contribution in [-0.2, 0) is 6.42 Å². The lowest BCUT2D eigenvalue weighted by molar-refractivity contribution is 0.0989. The summed E-state index contributed by atoms with van der Waals surface area (Å²) in [6.45, 7) is 1.66. The summed E-state index contributed by atoms with van der Waals surface area (Å²) in [6.07, 6.45) is 5.61. The molecule has 3 heterocycles. The lowest BCUT2D eigenvalue weighted by Gasteiger charge is -2.33. The summed E-state index contributed by atoms with van der Waals surface area (Å²) in [5.74, 6) is -0.190. The van der Waals surface area contributed by atoms with E-state index in [2.05, 4.69) is 20.9 Å². The number of nitrogen functional groups attached to an aromatic ring is 1. The number of nitrogens with two attached hydrogens (primary N) is 2. The zero-order valence-electron chi connectivity index (χ0n) is 17.2. The van der Waals surface area contributed by atoms with Gasteiger partial charge in [0.15, 0.2) is 5.78 Å². The Morgan fingerprint density at radius 3 is 2.87 bits per heavy atom. The molecule has 1 aliphatic heterocycles. The largest absolute Gasteiger partial charge is 0.397 e. The SMILES string of the molecule is N#Cc1ccccc1-c1ccc(N)c(C(=O)Cc2cnccc2N2CCC[C@H](N)C2)n1. The Kier molecular flexibility index (Phi) is 5.92. The Balaban J connectivity index is 1.64. The quantitative estimate of drug-likeness (QED) is 0.618. The van der Waals surface area contributed by atoms with Crippen LogP contribution >= 0.6 is 0 Å². The number of hydrogen-bond donors (Lipinski definition) is 2. The fourth-order valence-corrected chi connectivity index (χ4v) is 4.00. The third-order valence-corrected chi connectivity index (χ3v) is 5.54. The molecule has 0 spiro atoms. The molecule has 0 unspecified atom stereocenters. The molecule has 0 saturated carbocycles. The summed E-state index contributed by atoms with van der Waals surface area (Å²) in [7, 11) is 0. The van der Waals surface area contributed by atoms with Crippen LogP contribution in [0.15, 0.2) is 54.9 Å². The molecule has 1 aliphatic rings. The number of carbonyl (C=O) groups excluding carboxylic acids is 1. The third kappa shape index (κ3) is 4.39. The standard InChI is InChI=1S/C24H24N6O/c25-13-16-4-1-2-6-19(16)21-8-7-20(27)24(29-21)23(31)12-17-14-28-10-9-22(17)30-11-3-5-18(26)15-30/h1-2,4,6-10,14,18H,3,5,11-12,15,26-27H2/t18-/m0/s1. The van der Waals surface area contributed by atoms with Crippen molar-refractivity contribution in [1.82, 2.24) is 9.97 Å². The lowest BCUT2D eigenvalue weighted by Crippen LogP contribution is -2.43. The summed E-state index contributed by atoms with van der Waals surface area (Å²) < 4.78 is 0. The van der Waals surface area contributed by atoms with Gasteiger partial charge >= 0.3 is 0 Å². The van der Waals surface area contributed by atoms with Gasteiger partial charge in [-0.2, -0.15) is 5.26 Å². The van der Waals surface area contributed by atoms with Crippen molar-refractivity contribution >= 4 is 17.2 Å². The molecular weight excluding hydrogens is 388 g/mol. The number of anilines is 2. The van der Waals surface area contributed by atoms with Crippen LogP contribution in [0.5, 0.6) is 0 Å². The maximum Gasteiger partial charge on any atom is 0.187 e. The molecule has 7 nitrogen and oxygen atoms in total. The first-order valence-electron chi connectivity index (χ1n) is 10.3. The number of nitrogens with zero attached hydrogens (tertiary/aromatic N) is 4. The van der Waals surface area contributed by atoms with Gasteiger partial charge in [-0.1, -0.05) is 18.2 Å². The predicted octanol–water partition coefficient (Wildman–Crippen LogP) is 2.95. The maximum atomic E-state index is 13.2. The second-order valence-electron chi connectivity index (χ2n) is 7.74. The fraction of sp³-hybridized carbons (Fsp3) is 0.250. The van der Waals surface area contributed by atoms with Gasteiger partial charge in [0.2, 0.25) is 0 Å². The molecule has 1 atom stereocenters. The molecule has 1 aromatic carbocycles. The average Bonchev–Trinajstić information content (AvgIpc) is 2.79. The summed E-state index contributed by atoms with van der Waals surface area (Å²) >= 11 is 0. The van der Waals surface area contributed by atoms with Crippen molar-refractivity contribution in [1.29, 1.82) is 5.26 Å². The van der Waals surface area contributed by atoms with E-state index in [0.717, 1.165) is 37.2 Å². The van der Waals surface area contributed by atoms with Crippen molar-refractivity contribution in [2.45, 2.75) is 25.3 Å². The van der Waals surface area contributed by atoms with E-state index in [4.69, 9.17) is 11.5 Å². The number of piperidine rings is 1. The number of hydrogen-bond acceptors (Lipinski definition) is 7. The fourth-order valence-electron chi connectivity index (χ4n) is 4.00. The molecular formula is C24H24N6O. The summed E-state index contributed by atoms with van der Waals surface area (Å²) in [6, 6.07) is 14.8. The monoisotopic (exact) mass is 412 g/mol. The zero-order chi connectivity index (χ0) is 21.8. The number of rotatable bonds is 5. The number of carbonyl (C=O) groups is 1. The molecule has 2 aromatic heterocycles. The Labute approximate surface area is 181 Å². The van der Waals surface area contributed by atoms with Crippen molar-refractivity contribution in [2.24, 2.45) is 5.73 Å². The van der Waals surface area contributed by atoms with Crippen LogP contribution in [0.1, 0.15) is 34.5 Å². The topological polar surface area (TPSA) is 122 Å². The molecule has 0 aliphatic carbocycles. The van der Waals surface area contributed by atoms with E-state index >= 15 is 0 Å². The Morgan fingerprint density at radius 2 is 2.06 bits per heavy atom. The molecule has 7 heteroatoms. The second kappa shape index (κ2) is 8.94. The van der Waals surface area contributed by atoms with E-state index in [9.17, 15) is 10.1 Å². The van der Waals surface area contributed by atoms with Gasteiger partial charge in [0, 0.05) is 54.8 Å². The first-order chi connectivity index (χ1) is 15.1. The normalized spacial score (nSPS) is 16.0. The van der Waals surface area contributed by atoms with Crippen LogP contribution in [0.25, 0.3) is 11.3 Å². The van der Waals surface area contributed by atoms with Gasteiger partial charge in [0.05, 0.1) is 23.0 Å². The Morgan fingerprint density at radius 1 is 1.23 bits per heavy atom. The van der Waals surface area contributed by atoms with Crippen molar-refractivity contribution in [3.63, 3.8) is 0 Å². The van der Waals surface area contributed by atoms with Gasteiger partial charge in [-0.3, -0.25) is 9.78 Å². The van der Waals surface area contributed by atoms with Gasteiger partial charge in [0.25, 0.3) is 0 Å². The molecule has 31 heavy (non-hydrogen) atoms. The Bertz CT molecular complexity index is 1150. The summed E-state index contributed by atoms with van der Waals surface area (Å²) in [4.78, 5) is 24.2. The zero-order valence-corrected chi connectivity index (χ0v) is 17.2. The predicted molar refractivity (Wildman–Crippen MR) is 120 cm³/mol. The molecule has 0 radical (unpaired) electrons. The van der Waals surface area contributed by atoms with Gasteiger partial charge in [0.1, 0.15) is 5.69 Å². The van der Waals surface area contributed by atoms with Crippen LogP contribution in [0, 0.1) is 11.3 Å². The highest BCUT2D eigenvalue weighted by Gasteiger charge is 2.22. The van der Waals surface area contributed by atoms with Crippen molar-refractivity contribution in [3.05, 3.63) is 71.7 Å². The second-order valence-corrected chi connectivity index (χ2v) is 7.74. The minimum Gasteiger partial charge on any atom is -0.397 e. The number of benzene rings is 1. The van der Waals surface area contributed by atoms with Crippen LogP contribution in [0.4, 0.5) is 11.4 Å². The lowest BCUT2D eigenvalue weighted by atomic mass is 10.0. The first-order valence-corrected chi connectivity index (χ1v) is 10.3. The highest BCUT2D eigenvalue weighted by atomic mass is 16.1. The summed E-state index contributed by atoms with van der Waals surface area (Å²) in [5, 5.41) is 9.39. The van der Waals surface area contributed by atoms with E-state index in [0.29, 0.717) is 22.5 Å². The van der Waals surface area contributed by atoms with Crippen molar-refractivity contribution in [2.75, 3.05) is 23.7 Å². The highest BCUT2D eigenvalue weighted by molar-refractivity contribution is 6.01. The molecule has 4 N–H and O–H groups in total. The molecule has 3 aromatic rings. The van der Waals surface area contributed by atoms with Crippen LogP contribution in [0.3, 0.4) is 0 Å². The maximum absolute atomic E-state index is 13.2. The van der Waals surface area contributed by atoms with E-state index in [1.54, 1.807) is 36.7 Å². The van der Waals surface area contributed by atoms with Crippen LogP contribution in [0.2, 0.25) is 0 Å². The minimum absolute atomic E-state index is 0.125. The number of ketones is 1. The highest BCUT2D eigenvalue weighted by Crippen LogP contribution is 2.27. The first kappa shape index (κ1) is 20.5. The average molecular weight is 412 g/mol. The number of nitriles is 1. The van der Waals surface area contributed by atoms with E-state index in [1.165, 1.54) is 0 Å². The van der Waals surface area contributed by atoms with E-state index in [-0.39, 0.29) is 23.9 Å². The van der Waals surface area contributed by atoms with Gasteiger partial charge in [-0.05, 0) is 37.1 Å². The minimum atomic E-state index is -0.190. The smallest absolute Gasteiger partial charge is 0.187 e. The number of pyridine rings is 2. The molecule has 0 amide bonds. The van der Waals surface area contributed by atoms with E-state index in [1.807, 2.05) is 18.2 Å². The van der Waals surface area contributed by atoms with Crippen molar-refractivity contribution in [3.8, 4) is 17.3 Å². The molecule has 156 valence electrons. The molecule has 0 bridgehead atoms. The Hall–Kier alpha value is -3.76. The van der Waals surface area contributed by atoms with Crippen molar-refractivity contribution < 1.29 is 4.79 Å². The van der Waals surface area contributed by atoms with Crippen LogP contribution < -0.4 is 16.4 Å². The third-order valence-electron chi connectivity index (χ3n) is 5.54. The number of aromatic nitrogens is 2. The van der Waals surface area contributed by atoms with Crippen LogP contribution in [-0.4, -0.2) is 34.9 Å². The van der Waals surface area contributed by atoms with Gasteiger partial charge < -0.3 is 16.4 Å². The summed E-state index contributed by atoms with van der Waals surface area (Å²) in [5.41, 5.74) is 16.3. The molecule has 1 fully saturated rings. The number of Topliss-reactive ketones (excluding diaryl/α,β-unsaturated/α-hetero) is 1. The van der Waals surface area contributed by atoms with Gasteiger partial charge in [-0.25, -0.2) is 4.98 Å². The molecule has 1 saturated heterocycles.